The highest BCUT2D eigenvalue weighted by molar-refractivity contribution is 7.16. The fourth-order valence-electron chi connectivity index (χ4n) is 3.49. The first-order valence-corrected chi connectivity index (χ1v) is 11.5. The smallest absolute Gasteiger partial charge is 0.329 e. The molecule has 1 aliphatic rings. The van der Waals surface area contributed by atoms with Gasteiger partial charge in [0.1, 0.15) is 5.00 Å². The minimum Gasteiger partial charge on any atom is -0.338 e. The van der Waals surface area contributed by atoms with Crippen LogP contribution in [0.1, 0.15) is 54.3 Å². The standard InChI is InChI=1S/C21H23Cl2N3O4S/c1-12-11-15(20(28)26(30-13(2)27)14-7-4-3-5-8-14)19(31-12)25-21(29)24-18-16(22)9-6-10-17(18)23/h6,9-11,14H,3-5,7-8H2,1-2H3,(H2,24,25,29). The fourth-order valence-corrected chi connectivity index (χ4v) is 4.88. The first-order valence-electron chi connectivity index (χ1n) is 9.90. The van der Waals surface area contributed by atoms with Gasteiger partial charge in [-0.25, -0.2) is 4.79 Å². The molecule has 1 aromatic carbocycles. The lowest BCUT2D eigenvalue weighted by Crippen LogP contribution is -2.42. The monoisotopic (exact) mass is 483 g/mol. The van der Waals surface area contributed by atoms with Gasteiger partial charge in [-0.1, -0.05) is 48.5 Å². The molecule has 1 saturated carbocycles. The van der Waals surface area contributed by atoms with E-state index in [9.17, 15) is 14.4 Å². The molecule has 3 rings (SSSR count). The van der Waals surface area contributed by atoms with E-state index in [2.05, 4.69) is 10.6 Å². The van der Waals surface area contributed by atoms with Crippen LogP contribution in [-0.2, 0) is 9.63 Å². The topological polar surface area (TPSA) is 87.7 Å². The number of para-hydroxylation sites is 1. The Hall–Kier alpha value is -2.29. The number of benzene rings is 1. The quantitative estimate of drug-likeness (QED) is 0.502. The van der Waals surface area contributed by atoms with Gasteiger partial charge in [-0.2, -0.15) is 5.06 Å². The van der Waals surface area contributed by atoms with Gasteiger partial charge in [0, 0.05) is 11.8 Å². The number of rotatable bonds is 4. The molecule has 0 bridgehead atoms. The van der Waals surface area contributed by atoms with Gasteiger partial charge in [-0.05, 0) is 38.0 Å². The second-order valence-corrected chi connectivity index (χ2v) is 9.35. The zero-order chi connectivity index (χ0) is 22.5. The minimum atomic E-state index is -0.595. The molecule has 166 valence electrons. The zero-order valence-electron chi connectivity index (χ0n) is 17.2. The van der Waals surface area contributed by atoms with Crippen molar-refractivity contribution in [2.24, 2.45) is 0 Å². The Bertz CT molecular complexity index is 969. The molecule has 0 saturated heterocycles. The Balaban J connectivity index is 1.81. The average Bonchev–Trinajstić information content (AvgIpc) is 3.09. The third kappa shape index (κ3) is 5.90. The molecule has 10 heteroatoms. The number of carbonyl (C=O) groups excluding carboxylic acids is 3. The van der Waals surface area contributed by atoms with E-state index < -0.39 is 17.9 Å². The van der Waals surface area contributed by atoms with Crippen molar-refractivity contribution in [2.45, 2.75) is 52.0 Å². The second kappa shape index (κ2) is 10.3. The van der Waals surface area contributed by atoms with Crippen LogP contribution in [-0.4, -0.2) is 29.0 Å². The highest BCUT2D eigenvalue weighted by Crippen LogP contribution is 2.33. The van der Waals surface area contributed by atoms with Crippen LogP contribution in [0.5, 0.6) is 0 Å². The largest absolute Gasteiger partial charge is 0.338 e. The first-order chi connectivity index (χ1) is 14.8. The third-order valence-electron chi connectivity index (χ3n) is 4.85. The van der Waals surface area contributed by atoms with Gasteiger partial charge in [-0.3, -0.25) is 14.9 Å². The summed E-state index contributed by atoms with van der Waals surface area (Å²) in [7, 11) is 0. The maximum Gasteiger partial charge on any atom is 0.329 e. The SMILES string of the molecule is CC(=O)ON(C(=O)c1cc(C)sc1NC(=O)Nc1c(Cl)cccc1Cl)C1CCCCC1. The predicted octanol–water partition coefficient (Wildman–Crippen LogP) is 6.26. The lowest BCUT2D eigenvalue weighted by molar-refractivity contribution is -0.185. The van der Waals surface area contributed by atoms with E-state index in [0.29, 0.717) is 15.0 Å². The van der Waals surface area contributed by atoms with Gasteiger partial charge in [0.05, 0.1) is 27.3 Å². The fraction of sp³-hybridized carbons (Fsp3) is 0.381. The number of hydrogen-bond donors (Lipinski definition) is 2. The number of thiophene rings is 1. The molecule has 1 aliphatic carbocycles. The van der Waals surface area contributed by atoms with Gasteiger partial charge in [0.15, 0.2) is 0 Å². The van der Waals surface area contributed by atoms with E-state index in [1.165, 1.54) is 18.3 Å². The molecular formula is C21H23Cl2N3O4S. The van der Waals surface area contributed by atoms with Crippen LogP contribution in [0, 0.1) is 6.92 Å². The Morgan fingerprint density at radius 3 is 2.35 bits per heavy atom. The Labute approximate surface area is 194 Å². The molecular weight excluding hydrogens is 461 g/mol. The summed E-state index contributed by atoms with van der Waals surface area (Å²) in [5.41, 5.74) is 0.531. The minimum absolute atomic E-state index is 0.186. The summed E-state index contributed by atoms with van der Waals surface area (Å²) in [6.07, 6.45) is 4.54. The van der Waals surface area contributed by atoms with Gasteiger partial charge >= 0.3 is 12.0 Å². The van der Waals surface area contributed by atoms with Crippen LogP contribution in [0.2, 0.25) is 10.0 Å². The number of nitrogens with one attached hydrogen (secondary N) is 2. The summed E-state index contributed by atoms with van der Waals surface area (Å²) in [4.78, 5) is 43.6. The molecule has 0 atom stereocenters. The van der Waals surface area contributed by atoms with Crippen LogP contribution in [0.3, 0.4) is 0 Å². The lowest BCUT2D eigenvalue weighted by Gasteiger charge is -2.32. The van der Waals surface area contributed by atoms with Gasteiger partial charge in [0.2, 0.25) is 0 Å². The Morgan fingerprint density at radius 2 is 1.74 bits per heavy atom. The van der Waals surface area contributed by atoms with Gasteiger partial charge < -0.3 is 10.2 Å². The van der Waals surface area contributed by atoms with Crippen molar-refractivity contribution in [3.8, 4) is 0 Å². The number of halogens is 2. The van der Waals surface area contributed by atoms with E-state index in [-0.39, 0.29) is 17.3 Å². The van der Waals surface area contributed by atoms with E-state index >= 15 is 0 Å². The zero-order valence-corrected chi connectivity index (χ0v) is 19.5. The van der Waals surface area contributed by atoms with Crippen LogP contribution < -0.4 is 10.6 Å². The van der Waals surface area contributed by atoms with Crippen molar-refractivity contribution in [1.82, 2.24) is 5.06 Å². The number of urea groups is 1. The lowest BCUT2D eigenvalue weighted by atomic mass is 9.95. The van der Waals surface area contributed by atoms with Crippen LogP contribution in [0.15, 0.2) is 24.3 Å². The molecule has 0 radical (unpaired) electrons. The Morgan fingerprint density at radius 1 is 1.10 bits per heavy atom. The molecule has 0 aliphatic heterocycles. The highest BCUT2D eigenvalue weighted by Gasteiger charge is 2.32. The number of hydrogen-bond acceptors (Lipinski definition) is 5. The molecule has 7 nitrogen and oxygen atoms in total. The van der Waals surface area contributed by atoms with E-state index in [4.69, 9.17) is 28.0 Å². The molecule has 3 amide bonds. The first kappa shape index (κ1) is 23.4. The number of hydroxylamine groups is 2. The van der Waals surface area contributed by atoms with Crippen molar-refractivity contribution >= 4 is 63.1 Å². The van der Waals surface area contributed by atoms with E-state index in [1.54, 1.807) is 24.3 Å². The number of nitrogens with zero attached hydrogens (tertiary/aromatic N) is 1. The average molecular weight is 484 g/mol. The van der Waals surface area contributed by atoms with Crippen molar-refractivity contribution in [3.63, 3.8) is 0 Å². The van der Waals surface area contributed by atoms with Crippen LogP contribution in [0.4, 0.5) is 15.5 Å². The van der Waals surface area contributed by atoms with Crippen LogP contribution >= 0.6 is 34.5 Å². The molecule has 2 N–H and O–H groups in total. The molecule has 0 spiro atoms. The van der Waals surface area contributed by atoms with Crippen molar-refractivity contribution in [3.05, 3.63) is 44.8 Å². The molecule has 31 heavy (non-hydrogen) atoms. The van der Waals surface area contributed by atoms with Crippen molar-refractivity contribution in [2.75, 3.05) is 10.6 Å². The summed E-state index contributed by atoms with van der Waals surface area (Å²) in [6.45, 7) is 3.09. The second-order valence-electron chi connectivity index (χ2n) is 7.28. The maximum atomic E-state index is 13.3. The van der Waals surface area contributed by atoms with Crippen molar-refractivity contribution in [1.29, 1.82) is 0 Å². The van der Waals surface area contributed by atoms with E-state index in [1.807, 2.05) is 6.92 Å². The maximum absolute atomic E-state index is 13.3. The summed E-state index contributed by atoms with van der Waals surface area (Å²) in [5, 5.41) is 7.39. The summed E-state index contributed by atoms with van der Waals surface area (Å²) in [5.74, 6) is -1.02. The van der Waals surface area contributed by atoms with Crippen LogP contribution in [0.25, 0.3) is 0 Å². The van der Waals surface area contributed by atoms with Gasteiger partial charge in [0.25, 0.3) is 5.91 Å². The highest BCUT2D eigenvalue weighted by atomic mass is 35.5. The van der Waals surface area contributed by atoms with E-state index in [0.717, 1.165) is 42.0 Å². The summed E-state index contributed by atoms with van der Waals surface area (Å²) >= 11 is 13.5. The molecule has 0 unspecified atom stereocenters. The summed E-state index contributed by atoms with van der Waals surface area (Å²) < 4.78 is 0. The summed E-state index contributed by atoms with van der Waals surface area (Å²) in [6, 6.07) is 5.77. The number of amides is 3. The third-order valence-corrected chi connectivity index (χ3v) is 6.44. The number of anilines is 2. The molecule has 1 fully saturated rings. The Kier molecular flexibility index (Phi) is 7.80. The van der Waals surface area contributed by atoms with Gasteiger partial charge in [-0.15, -0.1) is 11.3 Å². The number of aryl methyl sites for hydroxylation is 1. The normalized spacial score (nSPS) is 14.1. The number of carbonyl (C=O) groups is 3. The predicted molar refractivity (Wildman–Crippen MR) is 123 cm³/mol. The molecule has 1 heterocycles. The van der Waals surface area contributed by atoms with Crippen molar-refractivity contribution < 1.29 is 19.2 Å². The molecule has 2 aromatic rings. The molecule has 1 aromatic heterocycles.